The quantitative estimate of drug-likeness (QED) is 0.663. The highest BCUT2D eigenvalue weighted by Gasteiger charge is 2.17. The molecule has 0 aliphatic carbocycles. The van der Waals surface area contributed by atoms with Gasteiger partial charge in [0.15, 0.2) is 5.82 Å². The molecule has 1 heterocycles. The van der Waals surface area contributed by atoms with Gasteiger partial charge < -0.3 is 19.4 Å². The Morgan fingerprint density at radius 2 is 1.89 bits per heavy atom. The van der Waals surface area contributed by atoms with E-state index in [4.69, 9.17) is 21.7 Å². The SMILES string of the molecule is COCCC(COC)n1cc(C)nc(Nc2c(C)cc(C=S)cc2C)c1=O. The van der Waals surface area contributed by atoms with E-state index in [0.717, 1.165) is 28.1 Å². The molecule has 7 heteroatoms. The van der Waals surface area contributed by atoms with Crippen LogP contribution in [0.25, 0.3) is 0 Å². The number of methoxy groups -OCH3 is 2. The van der Waals surface area contributed by atoms with E-state index in [0.29, 0.717) is 25.5 Å². The summed E-state index contributed by atoms with van der Waals surface area (Å²) in [5, 5.41) is 4.88. The van der Waals surface area contributed by atoms with Crippen LogP contribution < -0.4 is 10.9 Å². The number of hydrogen-bond donors (Lipinski definition) is 1. The van der Waals surface area contributed by atoms with Crippen molar-refractivity contribution in [3.8, 4) is 0 Å². The summed E-state index contributed by atoms with van der Waals surface area (Å²) in [6, 6.07) is 3.86. The number of nitrogens with zero attached hydrogens (tertiary/aromatic N) is 2. The van der Waals surface area contributed by atoms with Crippen molar-refractivity contribution in [3.05, 3.63) is 51.1 Å². The summed E-state index contributed by atoms with van der Waals surface area (Å²) in [4.78, 5) is 17.5. The zero-order valence-electron chi connectivity index (χ0n) is 16.5. The molecule has 0 spiro atoms. The summed E-state index contributed by atoms with van der Waals surface area (Å²) in [7, 11) is 3.27. The third kappa shape index (κ3) is 5.22. The zero-order chi connectivity index (χ0) is 20.0. The van der Waals surface area contributed by atoms with E-state index in [1.54, 1.807) is 30.4 Å². The number of aromatic nitrogens is 2. The Kier molecular flexibility index (Phi) is 7.65. The number of anilines is 2. The lowest BCUT2D eigenvalue weighted by Crippen LogP contribution is -2.31. The molecule has 1 aromatic carbocycles. The monoisotopic (exact) mass is 389 g/mol. The standard InChI is InChI=1S/C20H27N3O3S/c1-13-8-16(12-27)9-14(2)18(13)22-19-20(24)23(10-15(3)21-19)17(11-26-5)6-7-25-4/h8-10,12,17H,6-7,11H2,1-5H3,(H,21,22). The average Bonchev–Trinajstić information content (AvgIpc) is 2.63. The van der Waals surface area contributed by atoms with Gasteiger partial charge in [0, 0.05) is 38.1 Å². The minimum absolute atomic E-state index is 0.121. The maximum Gasteiger partial charge on any atom is 0.294 e. The molecule has 2 aromatic rings. The number of hydrogen-bond acceptors (Lipinski definition) is 6. The minimum atomic E-state index is -0.184. The number of benzene rings is 1. The summed E-state index contributed by atoms with van der Waals surface area (Å²) < 4.78 is 12.2. The Morgan fingerprint density at radius 3 is 2.44 bits per heavy atom. The van der Waals surface area contributed by atoms with Gasteiger partial charge in [0.05, 0.1) is 18.3 Å². The predicted octanol–water partition coefficient (Wildman–Crippen LogP) is 3.48. The van der Waals surface area contributed by atoms with Crippen LogP contribution in [0.1, 0.15) is 34.8 Å². The van der Waals surface area contributed by atoms with Crippen molar-refractivity contribution in [1.82, 2.24) is 9.55 Å². The second-order valence-corrected chi connectivity index (χ2v) is 6.84. The molecule has 1 N–H and O–H groups in total. The fourth-order valence-electron chi connectivity index (χ4n) is 3.12. The number of thiocarbonyl (C=S) groups is 1. The highest BCUT2D eigenvalue weighted by Crippen LogP contribution is 2.24. The normalized spacial score (nSPS) is 12.0. The molecule has 0 saturated heterocycles. The van der Waals surface area contributed by atoms with Crippen molar-refractivity contribution in [2.24, 2.45) is 0 Å². The second kappa shape index (κ2) is 9.73. The first-order valence-corrected chi connectivity index (χ1v) is 9.29. The van der Waals surface area contributed by atoms with Crippen LogP contribution in [0, 0.1) is 20.8 Å². The average molecular weight is 390 g/mol. The Labute approximate surface area is 165 Å². The molecule has 0 radical (unpaired) electrons. The topological polar surface area (TPSA) is 65.4 Å². The number of nitrogens with one attached hydrogen (secondary N) is 1. The second-order valence-electron chi connectivity index (χ2n) is 6.61. The molecule has 0 fully saturated rings. The fraction of sp³-hybridized carbons (Fsp3) is 0.450. The van der Waals surface area contributed by atoms with Crippen LogP contribution in [0.15, 0.2) is 23.1 Å². The molecule has 0 aliphatic rings. The molecule has 6 nitrogen and oxygen atoms in total. The van der Waals surface area contributed by atoms with Gasteiger partial charge in [-0.15, -0.1) is 0 Å². The Morgan fingerprint density at radius 1 is 1.22 bits per heavy atom. The molecule has 0 aliphatic heterocycles. The van der Waals surface area contributed by atoms with Gasteiger partial charge in [-0.1, -0.05) is 12.2 Å². The van der Waals surface area contributed by atoms with E-state index < -0.39 is 0 Å². The van der Waals surface area contributed by atoms with Crippen LogP contribution in [0.3, 0.4) is 0 Å². The first-order chi connectivity index (χ1) is 12.9. The van der Waals surface area contributed by atoms with Gasteiger partial charge in [0.25, 0.3) is 5.56 Å². The third-order valence-electron chi connectivity index (χ3n) is 4.39. The van der Waals surface area contributed by atoms with Gasteiger partial charge in [-0.05, 0) is 56.0 Å². The maximum atomic E-state index is 13.1. The van der Waals surface area contributed by atoms with Crippen LogP contribution >= 0.6 is 12.2 Å². The van der Waals surface area contributed by atoms with Crippen LogP contribution in [0.2, 0.25) is 0 Å². The zero-order valence-corrected chi connectivity index (χ0v) is 17.4. The van der Waals surface area contributed by atoms with Gasteiger partial charge in [0.2, 0.25) is 0 Å². The van der Waals surface area contributed by atoms with Crippen molar-refractivity contribution in [1.29, 1.82) is 0 Å². The van der Waals surface area contributed by atoms with Gasteiger partial charge in [-0.25, -0.2) is 4.98 Å². The molecule has 0 saturated carbocycles. The Balaban J connectivity index is 2.46. The van der Waals surface area contributed by atoms with Crippen molar-refractivity contribution in [3.63, 3.8) is 0 Å². The maximum absolute atomic E-state index is 13.1. The first-order valence-electron chi connectivity index (χ1n) is 8.82. The molecule has 27 heavy (non-hydrogen) atoms. The molecular formula is C20H27N3O3S. The lowest BCUT2D eigenvalue weighted by molar-refractivity contribution is 0.119. The molecule has 1 unspecified atom stereocenters. The van der Waals surface area contributed by atoms with Crippen molar-refractivity contribution in [2.45, 2.75) is 33.2 Å². The molecule has 0 amide bonds. The van der Waals surface area contributed by atoms with Crippen LogP contribution in [-0.4, -0.2) is 42.4 Å². The van der Waals surface area contributed by atoms with Gasteiger partial charge in [-0.3, -0.25) is 4.79 Å². The highest BCUT2D eigenvalue weighted by atomic mass is 32.1. The number of aryl methyl sites for hydroxylation is 3. The fourth-order valence-corrected chi connectivity index (χ4v) is 3.25. The van der Waals surface area contributed by atoms with Crippen molar-refractivity contribution < 1.29 is 9.47 Å². The third-order valence-corrected chi connectivity index (χ3v) is 4.67. The Bertz CT molecular complexity index is 841. The lowest BCUT2D eigenvalue weighted by atomic mass is 10.1. The van der Waals surface area contributed by atoms with Crippen molar-refractivity contribution in [2.75, 3.05) is 32.8 Å². The predicted molar refractivity (Wildman–Crippen MR) is 113 cm³/mol. The van der Waals surface area contributed by atoms with E-state index in [1.165, 1.54) is 0 Å². The Hall–Kier alpha value is -2.09. The largest absolute Gasteiger partial charge is 0.385 e. The van der Waals surface area contributed by atoms with E-state index in [2.05, 4.69) is 10.3 Å². The van der Waals surface area contributed by atoms with Crippen LogP contribution in [0.5, 0.6) is 0 Å². The lowest BCUT2D eigenvalue weighted by Gasteiger charge is -2.21. The van der Waals surface area contributed by atoms with Crippen molar-refractivity contribution >= 4 is 29.1 Å². The number of rotatable bonds is 9. The summed E-state index contributed by atoms with van der Waals surface area (Å²) in [5.41, 5.74) is 4.43. The summed E-state index contributed by atoms with van der Waals surface area (Å²) in [5.74, 6) is 0.301. The van der Waals surface area contributed by atoms with E-state index >= 15 is 0 Å². The van der Waals surface area contributed by atoms with E-state index in [-0.39, 0.29) is 11.6 Å². The summed E-state index contributed by atoms with van der Waals surface area (Å²) in [6.45, 7) is 6.81. The smallest absolute Gasteiger partial charge is 0.294 e. The number of ether oxygens (including phenoxy) is 2. The molecule has 146 valence electrons. The minimum Gasteiger partial charge on any atom is -0.385 e. The summed E-state index contributed by atoms with van der Waals surface area (Å²) in [6.07, 6.45) is 2.44. The van der Waals surface area contributed by atoms with Gasteiger partial charge >= 0.3 is 0 Å². The van der Waals surface area contributed by atoms with E-state index in [9.17, 15) is 4.79 Å². The molecular weight excluding hydrogens is 362 g/mol. The highest BCUT2D eigenvalue weighted by molar-refractivity contribution is 7.79. The van der Waals surface area contributed by atoms with Gasteiger partial charge in [0.1, 0.15) is 0 Å². The molecule has 0 bridgehead atoms. The molecule has 1 atom stereocenters. The molecule has 2 rings (SSSR count). The van der Waals surface area contributed by atoms with E-state index in [1.807, 2.05) is 32.9 Å². The van der Waals surface area contributed by atoms with Crippen LogP contribution in [0.4, 0.5) is 11.5 Å². The van der Waals surface area contributed by atoms with Gasteiger partial charge in [-0.2, -0.15) is 0 Å². The first kappa shape index (κ1) is 21.2. The molecule has 1 aromatic heterocycles. The van der Waals surface area contributed by atoms with Crippen LogP contribution in [-0.2, 0) is 9.47 Å². The summed E-state index contributed by atoms with van der Waals surface area (Å²) >= 11 is 5.02.